The summed E-state index contributed by atoms with van der Waals surface area (Å²) in [6.07, 6.45) is 4.60. The molecular weight excluding hydrogens is 444 g/mol. The topological polar surface area (TPSA) is 66.5 Å². The molecule has 0 saturated heterocycles. The molecule has 4 rings (SSSR count). The third-order valence-electron chi connectivity index (χ3n) is 6.53. The number of benzene rings is 3. The molecule has 0 fully saturated rings. The maximum absolute atomic E-state index is 13.6. The maximum Gasteiger partial charge on any atom is 0.264 e. The van der Waals surface area contributed by atoms with Gasteiger partial charge < -0.3 is 5.32 Å². The van der Waals surface area contributed by atoms with Crippen molar-refractivity contribution >= 4 is 21.6 Å². The zero-order valence-electron chi connectivity index (χ0n) is 20.0. The predicted octanol–water partition coefficient (Wildman–Crippen LogP) is 5.25. The number of hydrogen-bond donors (Lipinski definition) is 1. The minimum absolute atomic E-state index is 0.164. The minimum Gasteiger partial charge on any atom is -0.348 e. The Hall–Kier alpha value is -3.12. The van der Waals surface area contributed by atoms with Crippen LogP contribution in [0.2, 0.25) is 0 Å². The van der Waals surface area contributed by atoms with Crippen molar-refractivity contribution in [1.82, 2.24) is 5.32 Å². The minimum atomic E-state index is -3.93. The average molecular weight is 477 g/mol. The highest BCUT2D eigenvalue weighted by atomic mass is 32.2. The summed E-state index contributed by atoms with van der Waals surface area (Å²) in [5, 5.41) is 3.01. The highest BCUT2D eigenvalue weighted by Crippen LogP contribution is 2.28. The molecule has 5 nitrogen and oxygen atoms in total. The van der Waals surface area contributed by atoms with Gasteiger partial charge in [0.15, 0.2) is 0 Å². The van der Waals surface area contributed by atoms with Gasteiger partial charge in [0.05, 0.1) is 16.6 Å². The Labute approximate surface area is 202 Å². The lowest BCUT2D eigenvalue weighted by atomic mass is 9.89. The Kier molecular flexibility index (Phi) is 7.08. The molecule has 1 atom stereocenters. The molecule has 1 amide bonds. The zero-order chi connectivity index (χ0) is 24.3. The van der Waals surface area contributed by atoms with Crippen molar-refractivity contribution in [3.8, 4) is 0 Å². The number of rotatable bonds is 7. The summed E-state index contributed by atoms with van der Waals surface area (Å²) in [6, 6.07) is 20.1. The van der Waals surface area contributed by atoms with E-state index in [0.717, 1.165) is 29.5 Å². The number of nitrogens with one attached hydrogen (secondary N) is 1. The highest BCUT2D eigenvalue weighted by molar-refractivity contribution is 7.92. The molecule has 0 bridgehead atoms. The lowest BCUT2D eigenvalue weighted by Crippen LogP contribution is -2.42. The molecule has 1 aliphatic carbocycles. The van der Waals surface area contributed by atoms with Crippen LogP contribution in [0.3, 0.4) is 0 Å². The third kappa shape index (κ3) is 5.17. The summed E-state index contributed by atoms with van der Waals surface area (Å²) < 4.78 is 28.4. The van der Waals surface area contributed by atoms with Crippen LogP contribution in [0.15, 0.2) is 71.6 Å². The van der Waals surface area contributed by atoms with E-state index >= 15 is 0 Å². The van der Waals surface area contributed by atoms with E-state index in [-0.39, 0.29) is 23.4 Å². The molecule has 0 heterocycles. The Balaban J connectivity index is 1.58. The standard InChI is InChI=1S/C28H32N2O3S/c1-20-12-16-26(17-13-20)34(32,33)30(27-11-7-4-8-21(27)2)19-28(31)29-22(3)24-15-14-23-9-5-6-10-25(23)18-24/h4,7-8,11-18,22H,5-6,9-10,19H2,1-3H3,(H,29,31)/t22-/m0/s1. The van der Waals surface area contributed by atoms with Gasteiger partial charge in [-0.25, -0.2) is 8.42 Å². The number of carbonyl (C=O) groups is 1. The second-order valence-electron chi connectivity index (χ2n) is 9.14. The molecular formula is C28H32N2O3S. The van der Waals surface area contributed by atoms with Gasteiger partial charge in [0, 0.05) is 0 Å². The molecule has 0 spiro atoms. The smallest absolute Gasteiger partial charge is 0.264 e. The van der Waals surface area contributed by atoms with E-state index in [4.69, 9.17) is 0 Å². The van der Waals surface area contributed by atoms with Gasteiger partial charge in [-0.05, 0) is 86.9 Å². The summed E-state index contributed by atoms with van der Waals surface area (Å²) in [5.74, 6) is -0.343. The first kappa shape index (κ1) is 24.0. The van der Waals surface area contributed by atoms with E-state index in [1.165, 1.54) is 28.3 Å². The molecule has 6 heteroatoms. The molecule has 0 aliphatic heterocycles. The Morgan fingerprint density at radius 2 is 1.62 bits per heavy atom. The average Bonchev–Trinajstić information content (AvgIpc) is 2.83. The number of anilines is 1. The first-order chi connectivity index (χ1) is 16.3. The van der Waals surface area contributed by atoms with E-state index in [2.05, 4.69) is 23.5 Å². The fraction of sp³-hybridized carbons (Fsp3) is 0.321. The van der Waals surface area contributed by atoms with Gasteiger partial charge in [-0.15, -0.1) is 0 Å². The molecule has 3 aromatic rings. The maximum atomic E-state index is 13.6. The van der Waals surface area contributed by atoms with Crippen molar-refractivity contribution in [2.45, 2.75) is 57.4 Å². The van der Waals surface area contributed by atoms with Gasteiger partial charge >= 0.3 is 0 Å². The van der Waals surface area contributed by atoms with Crippen molar-refractivity contribution in [1.29, 1.82) is 0 Å². The van der Waals surface area contributed by atoms with E-state index in [0.29, 0.717) is 5.69 Å². The second kappa shape index (κ2) is 10.0. The Morgan fingerprint density at radius 1 is 0.941 bits per heavy atom. The molecule has 1 N–H and O–H groups in total. The number of nitrogens with zero attached hydrogens (tertiary/aromatic N) is 1. The van der Waals surface area contributed by atoms with Crippen molar-refractivity contribution in [2.24, 2.45) is 0 Å². The molecule has 0 aromatic heterocycles. The molecule has 34 heavy (non-hydrogen) atoms. The van der Waals surface area contributed by atoms with E-state index in [1.807, 2.05) is 32.9 Å². The van der Waals surface area contributed by atoms with E-state index in [1.54, 1.807) is 36.4 Å². The van der Waals surface area contributed by atoms with Crippen LogP contribution in [0.4, 0.5) is 5.69 Å². The SMILES string of the molecule is Cc1ccc(S(=O)(=O)N(CC(=O)N[C@@H](C)c2ccc3c(c2)CCCC3)c2ccccc2C)cc1. The molecule has 0 saturated carbocycles. The fourth-order valence-corrected chi connectivity index (χ4v) is 5.99. The number of amides is 1. The predicted molar refractivity (Wildman–Crippen MR) is 137 cm³/mol. The number of fused-ring (bicyclic) bond motifs is 1. The van der Waals surface area contributed by atoms with Crippen molar-refractivity contribution in [3.63, 3.8) is 0 Å². The van der Waals surface area contributed by atoms with Crippen molar-refractivity contribution < 1.29 is 13.2 Å². The number of hydrogen-bond acceptors (Lipinski definition) is 3. The number of aryl methyl sites for hydroxylation is 4. The zero-order valence-corrected chi connectivity index (χ0v) is 20.9. The summed E-state index contributed by atoms with van der Waals surface area (Å²) in [5.41, 5.74) is 6.04. The van der Waals surface area contributed by atoms with Crippen LogP contribution in [0, 0.1) is 13.8 Å². The van der Waals surface area contributed by atoms with Crippen LogP contribution < -0.4 is 9.62 Å². The molecule has 0 unspecified atom stereocenters. The lowest BCUT2D eigenvalue weighted by molar-refractivity contribution is -0.120. The quantitative estimate of drug-likeness (QED) is 0.506. The largest absolute Gasteiger partial charge is 0.348 e. The second-order valence-corrected chi connectivity index (χ2v) is 11.0. The van der Waals surface area contributed by atoms with Gasteiger partial charge in [-0.1, -0.05) is 54.1 Å². The van der Waals surface area contributed by atoms with E-state index in [9.17, 15) is 13.2 Å². The third-order valence-corrected chi connectivity index (χ3v) is 8.30. The van der Waals surface area contributed by atoms with Crippen molar-refractivity contribution in [2.75, 3.05) is 10.8 Å². The van der Waals surface area contributed by atoms with Gasteiger partial charge in [-0.2, -0.15) is 0 Å². The first-order valence-corrected chi connectivity index (χ1v) is 13.3. The summed E-state index contributed by atoms with van der Waals surface area (Å²) in [6.45, 7) is 5.40. The highest BCUT2D eigenvalue weighted by Gasteiger charge is 2.28. The number of para-hydroxylation sites is 1. The normalized spacial score (nSPS) is 14.2. The summed E-state index contributed by atoms with van der Waals surface area (Å²) in [7, 11) is -3.93. The molecule has 1 aliphatic rings. The Bertz CT molecular complexity index is 1280. The van der Waals surface area contributed by atoms with E-state index < -0.39 is 10.0 Å². The van der Waals surface area contributed by atoms with Crippen LogP contribution in [-0.2, 0) is 27.7 Å². The van der Waals surface area contributed by atoms with Crippen LogP contribution in [0.5, 0.6) is 0 Å². The van der Waals surface area contributed by atoms with Crippen LogP contribution in [-0.4, -0.2) is 20.9 Å². The van der Waals surface area contributed by atoms with Gasteiger partial charge in [-0.3, -0.25) is 9.10 Å². The lowest BCUT2D eigenvalue weighted by Gasteiger charge is -2.26. The van der Waals surface area contributed by atoms with Gasteiger partial charge in [0.25, 0.3) is 10.0 Å². The Morgan fingerprint density at radius 3 is 2.32 bits per heavy atom. The van der Waals surface area contributed by atoms with Gasteiger partial charge in [0.2, 0.25) is 5.91 Å². The van der Waals surface area contributed by atoms with Crippen LogP contribution in [0.25, 0.3) is 0 Å². The van der Waals surface area contributed by atoms with Gasteiger partial charge in [0.1, 0.15) is 6.54 Å². The molecule has 0 radical (unpaired) electrons. The first-order valence-electron chi connectivity index (χ1n) is 11.8. The van der Waals surface area contributed by atoms with Crippen LogP contribution in [0.1, 0.15) is 53.6 Å². The summed E-state index contributed by atoms with van der Waals surface area (Å²) in [4.78, 5) is 13.3. The van der Waals surface area contributed by atoms with Crippen molar-refractivity contribution in [3.05, 3.63) is 94.5 Å². The number of carbonyl (C=O) groups excluding carboxylic acids is 1. The molecule has 178 valence electrons. The summed E-state index contributed by atoms with van der Waals surface area (Å²) >= 11 is 0. The van der Waals surface area contributed by atoms with Crippen LogP contribution >= 0.6 is 0 Å². The fourth-order valence-electron chi connectivity index (χ4n) is 4.50. The monoisotopic (exact) mass is 476 g/mol. The molecule has 3 aromatic carbocycles. The number of sulfonamides is 1.